The molecule has 0 radical (unpaired) electrons. The number of nitrogens with zero attached hydrogens (tertiary/aromatic N) is 2. The van der Waals surface area contributed by atoms with Crippen molar-refractivity contribution in [2.24, 2.45) is 10.7 Å². The largest absolute Gasteiger partial charge is 0.312 e. The molecule has 2 rings (SSSR count). The van der Waals surface area contributed by atoms with Crippen molar-refractivity contribution in [1.29, 1.82) is 0 Å². The van der Waals surface area contributed by atoms with E-state index in [1.807, 2.05) is 24.3 Å². The van der Waals surface area contributed by atoms with E-state index in [0.29, 0.717) is 0 Å². The summed E-state index contributed by atoms with van der Waals surface area (Å²) in [5.41, 5.74) is 7.62. The smallest absolute Gasteiger partial charge is 0.266 e. The van der Waals surface area contributed by atoms with Gasteiger partial charge in [0.1, 0.15) is 5.04 Å². The van der Waals surface area contributed by atoms with Crippen LogP contribution < -0.4 is 10.6 Å². The van der Waals surface area contributed by atoms with E-state index in [9.17, 15) is 4.79 Å². The lowest BCUT2D eigenvalue weighted by molar-refractivity contribution is -0.119. The van der Waals surface area contributed by atoms with E-state index in [0.717, 1.165) is 22.0 Å². The Labute approximate surface area is 105 Å². The zero-order chi connectivity index (χ0) is 12.4. The number of anilines is 1. The van der Waals surface area contributed by atoms with Crippen molar-refractivity contribution in [3.8, 4) is 0 Å². The summed E-state index contributed by atoms with van der Waals surface area (Å²) in [6.45, 7) is 2.05. The van der Waals surface area contributed by atoms with Crippen LogP contribution in [0.3, 0.4) is 0 Å². The van der Waals surface area contributed by atoms with Gasteiger partial charge in [0, 0.05) is 12.6 Å². The average Bonchev–Trinajstić information content (AvgIpc) is 2.43. The number of aliphatic imine (C=N–C) groups is 1. The number of hydrogen-bond acceptors (Lipinski definition) is 4. The van der Waals surface area contributed by atoms with Crippen LogP contribution in [0.5, 0.6) is 0 Å². The molecule has 0 fully saturated rings. The summed E-state index contributed by atoms with van der Waals surface area (Å²) >= 11 is 1.61. The number of para-hydroxylation sites is 1. The summed E-state index contributed by atoms with van der Waals surface area (Å²) in [6.07, 6.45) is -0.804. The Balaban J connectivity index is 2.56. The number of carbonyl (C=O) groups excluding carboxylic acids is 1. The Hall–Kier alpha value is -1.33. The maximum Gasteiger partial charge on any atom is 0.266 e. The van der Waals surface area contributed by atoms with Crippen molar-refractivity contribution in [3.63, 3.8) is 0 Å². The molecule has 0 aromatic heterocycles. The molecule has 0 saturated heterocycles. The molecule has 4 nitrogen and oxygen atoms in total. The molecular formula is C12H15N3OS. The van der Waals surface area contributed by atoms with Gasteiger partial charge in [-0.15, -0.1) is 11.8 Å². The van der Waals surface area contributed by atoms with E-state index in [4.69, 9.17) is 5.73 Å². The molecule has 0 saturated carbocycles. The number of amides is 1. The molecular weight excluding hydrogens is 234 g/mol. The van der Waals surface area contributed by atoms with E-state index in [-0.39, 0.29) is 5.91 Å². The van der Waals surface area contributed by atoms with Crippen LogP contribution in [-0.2, 0) is 4.79 Å². The van der Waals surface area contributed by atoms with Gasteiger partial charge in [-0.05, 0) is 11.8 Å². The van der Waals surface area contributed by atoms with Gasteiger partial charge in [0.25, 0.3) is 5.91 Å². The number of nitrogens with two attached hydrogens (primary N) is 1. The number of rotatable bonds is 1. The number of hydrogen-bond donors (Lipinski definition) is 1. The third-order valence-corrected chi connectivity index (χ3v) is 3.50. The summed E-state index contributed by atoms with van der Waals surface area (Å²) in [7, 11) is 1.73. The van der Waals surface area contributed by atoms with Gasteiger partial charge in [0.15, 0.2) is 6.17 Å². The molecule has 1 aliphatic rings. The number of benzene rings is 1. The molecule has 2 N–H and O–H groups in total. The molecule has 0 aliphatic carbocycles. The number of fused-ring (bicyclic) bond motifs is 1. The zero-order valence-electron chi connectivity index (χ0n) is 9.88. The molecule has 1 aliphatic heterocycles. The average molecular weight is 249 g/mol. The van der Waals surface area contributed by atoms with E-state index in [1.54, 1.807) is 23.7 Å². The fourth-order valence-electron chi connectivity index (χ4n) is 1.77. The first-order valence-electron chi connectivity index (χ1n) is 5.48. The van der Waals surface area contributed by atoms with Gasteiger partial charge in [-0.25, -0.2) is 4.99 Å². The Bertz CT molecular complexity index is 473. The lowest BCUT2D eigenvalue weighted by Crippen LogP contribution is -2.39. The van der Waals surface area contributed by atoms with Crippen LogP contribution in [-0.4, -0.2) is 29.9 Å². The minimum atomic E-state index is -0.804. The van der Waals surface area contributed by atoms with E-state index >= 15 is 0 Å². The van der Waals surface area contributed by atoms with Gasteiger partial charge < -0.3 is 10.6 Å². The second-order valence-corrected chi connectivity index (χ2v) is 4.98. The number of likely N-dealkylation sites (N-methyl/N-ethyl adjacent to an activating group) is 1. The highest BCUT2D eigenvalue weighted by atomic mass is 32.2. The van der Waals surface area contributed by atoms with Gasteiger partial charge in [-0.3, -0.25) is 4.79 Å². The maximum absolute atomic E-state index is 11.9. The first-order valence-corrected chi connectivity index (χ1v) is 6.47. The quantitative estimate of drug-likeness (QED) is 0.819. The minimum Gasteiger partial charge on any atom is -0.312 e. The van der Waals surface area contributed by atoms with E-state index in [2.05, 4.69) is 11.9 Å². The Morgan fingerprint density at radius 1 is 1.47 bits per heavy atom. The molecule has 1 atom stereocenters. The number of benzodiazepines with no additional fused rings is 1. The first kappa shape index (κ1) is 12.1. The van der Waals surface area contributed by atoms with Crippen LogP contribution in [0.15, 0.2) is 29.3 Å². The highest BCUT2D eigenvalue weighted by molar-refractivity contribution is 8.14. The summed E-state index contributed by atoms with van der Waals surface area (Å²) in [5, 5.41) is 0.841. The molecule has 17 heavy (non-hydrogen) atoms. The molecule has 1 amide bonds. The van der Waals surface area contributed by atoms with Gasteiger partial charge in [-0.2, -0.15) is 0 Å². The highest BCUT2D eigenvalue weighted by Crippen LogP contribution is 2.27. The summed E-state index contributed by atoms with van der Waals surface area (Å²) in [6, 6.07) is 7.74. The van der Waals surface area contributed by atoms with Gasteiger partial charge >= 0.3 is 0 Å². The normalized spacial score (nSPS) is 19.7. The van der Waals surface area contributed by atoms with Crippen LogP contribution in [0, 0.1) is 0 Å². The van der Waals surface area contributed by atoms with Crippen LogP contribution in [0.4, 0.5) is 5.69 Å². The summed E-state index contributed by atoms with van der Waals surface area (Å²) in [4.78, 5) is 17.8. The summed E-state index contributed by atoms with van der Waals surface area (Å²) in [5.74, 6) is 0.724. The predicted octanol–water partition coefficient (Wildman–Crippen LogP) is 1.45. The monoisotopic (exact) mass is 249 g/mol. The molecule has 1 heterocycles. The minimum absolute atomic E-state index is 0.177. The maximum atomic E-state index is 11.9. The third kappa shape index (κ3) is 2.21. The second kappa shape index (κ2) is 4.89. The topological polar surface area (TPSA) is 58.7 Å². The molecule has 5 heteroatoms. The molecule has 1 aromatic carbocycles. The van der Waals surface area contributed by atoms with Crippen LogP contribution in [0.1, 0.15) is 12.5 Å². The Morgan fingerprint density at radius 3 is 2.88 bits per heavy atom. The molecule has 90 valence electrons. The number of carbonyl (C=O) groups is 1. The molecule has 1 aromatic rings. The van der Waals surface area contributed by atoms with Crippen LogP contribution in [0.2, 0.25) is 0 Å². The third-order valence-electron chi connectivity index (χ3n) is 2.62. The van der Waals surface area contributed by atoms with Crippen molar-refractivity contribution in [2.75, 3.05) is 17.7 Å². The number of thioether (sulfide) groups is 1. The molecule has 0 bridgehead atoms. The first-order chi connectivity index (χ1) is 8.15. The van der Waals surface area contributed by atoms with Crippen molar-refractivity contribution in [2.45, 2.75) is 13.1 Å². The fourth-order valence-corrected chi connectivity index (χ4v) is 2.56. The Morgan fingerprint density at radius 2 is 2.18 bits per heavy atom. The standard InChI is InChI=1S/C12H15N3OS/c1-3-17-11-8-6-4-5-7-9(8)15(2)12(16)10(13)14-11/h4-7,10H,3,13H2,1-2H3. The Kier molecular flexibility index (Phi) is 3.49. The zero-order valence-corrected chi connectivity index (χ0v) is 10.7. The molecule has 1 unspecified atom stereocenters. The summed E-state index contributed by atoms with van der Waals surface area (Å²) < 4.78 is 0. The highest BCUT2D eigenvalue weighted by Gasteiger charge is 2.26. The lowest BCUT2D eigenvalue weighted by Gasteiger charge is -2.18. The van der Waals surface area contributed by atoms with Crippen LogP contribution in [0.25, 0.3) is 0 Å². The van der Waals surface area contributed by atoms with Crippen molar-refractivity contribution < 1.29 is 4.79 Å². The molecule has 0 spiro atoms. The van der Waals surface area contributed by atoms with Gasteiger partial charge in [0.05, 0.1) is 5.69 Å². The van der Waals surface area contributed by atoms with Crippen molar-refractivity contribution >= 4 is 28.4 Å². The van der Waals surface area contributed by atoms with E-state index in [1.165, 1.54) is 0 Å². The van der Waals surface area contributed by atoms with Crippen molar-refractivity contribution in [1.82, 2.24) is 0 Å². The lowest BCUT2D eigenvalue weighted by atomic mass is 10.2. The second-order valence-electron chi connectivity index (χ2n) is 3.73. The van der Waals surface area contributed by atoms with Crippen LogP contribution >= 0.6 is 11.8 Å². The fraction of sp³-hybridized carbons (Fsp3) is 0.333. The van der Waals surface area contributed by atoms with Gasteiger partial charge in [-0.1, -0.05) is 25.1 Å². The predicted molar refractivity (Wildman–Crippen MR) is 72.5 cm³/mol. The van der Waals surface area contributed by atoms with Gasteiger partial charge in [0.2, 0.25) is 0 Å². The van der Waals surface area contributed by atoms with Crippen molar-refractivity contribution in [3.05, 3.63) is 29.8 Å². The van der Waals surface area contributed by atoms with E-state index < -0.39 is 6.17 Å². The SMILES string of the molecule is CCSC1=NC(N)C(=O)N(C)c2ccccc21.